The van der Waals surface area contributed by atoms with Gasteiger partial charge in [0.2, 0.25) is 5.91 Å². The summed E-state index contributed by atoms with van der Waals surface area (Å²) in [4.78, 5) is 36.8. The third-order valence-corrected chi connectivity index (χ3v) is 8.86. The molecule has 5 rings (SSSR count). The van der Waals surface area contributed by atoms with E-state index in [-0.39, 0.29) is 17.9 Å². The molecule has 0 bridgehead atoms. The minimum Gasteiger partial charge on any atom is -0.348 e. The summed E-state index contributed by atoms with van der Waals surface area (Å²) in [5.74, 6) is 0.488. The van der Waals surface area contributed by atoms with Crippen molar-refractivity contribution >= 4 is 22.6 Å². The summed E-state index contributed by atoms with van der Waals surface area (Å²) in [5.41, 5.74) is 2.67. The molecular formula is C36H46N6O2. The Hall–Kier alpha value is -4.01. The Bertz CT molecular complexity index is 1480. The second-order valence-corrected chi connectivity index (χ2v) is 12.1. The molecule has 0 spiro atoms. The number of imidazole rings is 1. The van der Waals surface area contributed by atoms with Gasteiger partial charge in [-0.05, 0) is 80.2 Å². The molecule has 0 aliphatic heterocycles. The number of aromatic amines is 1. The van der Waals surface area contributed by atoms with Gasteiger partial charge in [-0.15, -0.1) is 0 Å². The van der Waals surface area contributed by atoms with Gasteiger partial charge in [0, 0.05) is 30.5 Å². The minimum absolute atomic E-state index is 0.155. The first-order valence-corrected chi connectivity index (χ1v) is 16.0. The number of nitrogens with zero attached hydrogens (tertiary/aromatic N) is 2. The van der Waals surface area contributed by atoms with Gasteiger partial charge in [-0.1, -0.05) is 73.9 Å². The molecule has 8 heteroatoms. The van der Waals surface area contributed by atoms with E-state index >= 15 is 0 Å². The molecule has 1 heterocycles. The maximum absolute atomic E-state index is 13.7. The van der Waals surface area contributed by atoms with Crippen molar-refractivity contribution in [2.24, 2.45) is 0 Å². The van der Waals surface area contributed by atoms with E-state index in [1.54, 1.807) is 12.4 Å². The molecule has 2 amide bonds. The average Bonchev–Trinajstić information content (AvgIpc) is 3.58. The summed E-state index contributed by atoms with van der Waals surface area (Å²) in [6.45, 7) is 4.21. The van der Waals surface area contributed by atoms with Crippen LogP contribution in [0.3, 0.4) is 0 Å². The highest BCUT2D eigenvalue weighted by atomic mass is 16.2. The molecule has 3 aromatic carbocycles. The molecule has 232 valence electrons. The summed E-state index contributed by atoms with van der Waals surface area (Å²) in [6.07, 6.45) is 11.3. The van der Waals surface area contributed by atoms with Crippen LogP contribution in [0.25, 0.3) is 10.8 Å². The van der Waals surface area contributed by atoms with Crippen LogP contribution < -0.4 is 16.0 Å². The number of benzene rings is 3. The summed E-state index contributed by atoms with van der Waals surface area (Å²) < 4.78 is 0. The predicted molar refractivity (Wildman–Crippen MR) is 176 cm³/mol. The Balaban J connectivity index is 1.22. The zero-order valence-corrected chi connectivity index (χ0v) is 26.0. The molecule has 0 saturated heterocycles. The molecule has 8 nitrogen and oxygen atoms in total. The molecular weight excluding hydrogens is 548 g/mol. The quantitative estimate of drug-likeness (QED) is 0.146. The highest BCUT2D eigenvalue weighted by Gasteiger charge is 2.25. The van der Waals surface area contributed by atoms with Crippen molar-refractivity contribution in [3.05, 3.63) is 102 Å². The maximum atomic E-state index is 13.7. The van der Waals surface area contributed by atoms with Gasteiger partial charge in [0.15, 0.2) is 0 Å². The second kappa shape index (κ2) is 15.6. The van der Waals surface area contributed by atoms with Crippen LogP contribution in [0, 0.1) is 0 Å². The molecule has 1 saturated carbocycles. The lowest BCUT2D eigenvalue weighted by Gasteiger charge is -2.31. The summed E-state index contributed by atoms with van der Waals surface area (Å²) in [6, 6.07) is 21.7. The third-order valence-electron chi connectivity index (χ3n) is 8.86. The van der Waals surface area contributed by atoms with Crippen molar-refractivity contribution in [1.29, 1.82) is 0 Å². The van der Waals surface area contributed by atoms with Crippen LogP contribution in [0.4, 0.5) is 0 Å². The standard InChI is InChI=1S/C36H46N6O2/c1-26(31-15-8-11-28-10-6-7-14-32(28)31)40-36(44)33(16-9-23-42(2)30-12-4-3-5-13-30)41-35(43)29-19-17-27(18-20-29)24-37-25-34-38-21-22-39-34/h6-8,10-11,14-15,17-22,26,30,33,37H,3-5,9,12-13,16,23-25H2,1-2H3,(H,38,39)(H,40,44)(H,41,43)/t26-,33-/m0/s1. The average molecular weight is 595 g/mol. The van der Waals surface area contributed by atoms with Gasteiger partial charge in [0.1, 0.15) is 11.9 Å². The first-order valence-electron chi connectivity index (χ1n) is 16.0. The first-order chi connectivity index (χ1) is 21.5. The topological polar surface area (TPSA) is 102 Å². The lowest BCUT2D eigenvalue weighted by atomic mass is 9.94. The fourth-order valence-corrected chi connectivity index (χ4v) is 6.27. The van der Waals surface area contributed by atoms with Gasteiger partial charge in [0.05, 0.1) is 12.6 Å². The fraction of sp³-hybridized carbons (Fsp3) is 0.417. The normalized spacial score (nSPS) is 15.2. The van der Waals surface area contributed by atoms with Crippen molar-refractivity contribution in [1.82, 2.24) is 30.8 Å². The largest absolute Gasteiger partial charge is 0.348 e. The Labute approximate surface area is 261 Å². The van der Waals surface area contributed by atoms with Crippen molar-refractivity contribution in [2.75, 3.05) is 13.6 Å². The van der Waals surface area contributed by atoms with Crippen molar-refractivity contribution in [3.63, 3.8) is 0 Å². The summed E-state index contributed by atoms with van der Waals surface area (Å²) in [7, 11) is 2.19. The zero-order chi connectivity index (χ0) is 30.7. The Kier molecular flexibility index (Phi) is 11.2. The minimum atomic E-state index is -0.630. The summed E-state index contributed by atoms with van der Waals surface area (Å²) >= 11 is 0. The molecule has 1 fully saturated rings. The Morgan fingerprint density at radius 2 is 1.73 bits per heavy atom. The van der Waals surface area contributed by atoms with Gasteiger partial charge in [0.25, 0.3) is 5.91 Å². The number of amides is 2. The summed E-state index contributed by atoms with van der Waals surface area (Å²) in [5, 5.41) is 11.9. The van der Waals surface area contributed by atoms with Crippen LogP contribution in [-0.2, 0) is 17.9 Å². The molecule has 4 aromatic rings. The monoisotopic (exact) mass is 594 g/mol. The second-order valence-electron chi connectivity index (χ2n) is 12.1. The van der Waals surface area contributed by atoms with Gasteiger partial charge in [-0.3, -0.25) is 9.59 Å². The maximum Gasteiger partial charge on any atom is 0.251 e. The number of nitrogens with one attached hydrogen (secondary N) is 4. The number of rotatable bonds is 14. The number of carbonyl (C=O) groups is 2. The van der Waals surface area contributed by atoms with E-state index in [2.05, 4.69) is 62.1 Å². The van der Waals surface area contributed by atoms with E-state index in [4.69, 9.17) is 0 Å². The van der Waals surface area contributed by atoms with Gasteiger partial charge in [-0.25, -0.2) is 4.98 Å². The molecule has 1 aliphatic carbocycles. The molecule has 2 atom stereocenters. The van der Waals surface area contributed by atoms with Crippen LogP contribution in [0.15, 0.2) is 79.1 Å². The van der Waals surface area contributed by atoms with E-state index in [0.29, 0.717) is 31.1 Å². The van der Waals surface area contributed by atoms with E-state index in [0.717, 1.165) is 40.7 Å². The van der Waals surface area contributed by atoms with Gasteiger partial charge >= 0.3 is 0 Å². The Morgan fingerprint density at radius 3 is 2.50 bits per heavy atom. The van der Waals surface area contributed by atoms with Crippen LogP contribution in [0.2, 0.25) is 0 Å². The smallest absolute Gasteiger partial charge is 0.251 e. The number of hydrogen-bond donors (Lipinski definition) is 4. The molecule has 4 N–H and O–H groups in total. The van der Waals surface area contributed by atoms with Crippen LogP contribution >= 0.6 is 0 Å². The van der Waals surface area contributed by atoms with Crippen LogP contribution in [-0.4, -0.2) is 52.4 Å². The van der Waals surface area contributed by atoms with Crippen molar-refractivity contribution in [3.8, 4) is 0 Å². The first kappa shape index (κ1) is 31.4. The van der Waals surface area contributed by atoms with Crippen molar-refractivity contribution in [2.45, 2.75) is 83.1 Å². The highest BCUT2D eigenvalue weighted by Crippen LogP contribution is 2.25. The Morgan fingerprint density at radius 1 is 0.955 bits per heavy atom. The molecule has 1 aromatic heterocycles. The molecule has 1 aliphatic rings. The highest BCUT2D eigenvalue weighted by molar-refractivity contribution is 5.97. The molecule has 0 radical (unpaired) electrons. The van der Waals surface area contributed by atoms with E-state index in [1.807, 2.05) is 49.4 Å². The number of carbonyl (C=O) groups excluding carboxylic acids is 2. The van der Waals surface area contributed by atoms with Crippen LogP contribution in [0.1, 0.15) is 85.2 Å². The lowest BCUT2D eigenvalue weighted by molar-refractivity contribution is -0.123. The third kappa shape index (κ3) is 8.55. The molecule has 44 heavy (non-hydrogen) atoms. The lowest BCUT2D eigenvalue weighted by Crippen LogP contribution is -2.47. The van der Waals surface area contributed by atoms with Crippen LogP contribution in [0.5, 0.6) is 0 Å². The predicted octanol–water partition coefficient (Wildman–Crippen LogP) is 5.87. The van der Waals surface area contributed by atoms with Crippen molar-refractivity contribution < 1.29 is 9.59 Å². The number of aromatic nitrogens is 2. The zero-order valence-electron chi connectivity index (χ0n) is 26.0. The number of hydrogen-bond acceptors (Lipinski definition) is 5. The number of H-pyrrole nitrogens is 1. The van der Waals surface area contributed by atoms with Gasteiger partial charge in [-0.2, -0.15) is 0 Å². The van der Waals surface area contributed by atoms with Gasteiger partial charge < -0.3 is 25.8 Å². The SMILES string of the molecule is C[C@H](NC(=O)[C@H](CCCN(C)C1CCCCC1)NC(=O)c1ccc(CNCc2ncc[nH]2)cc1)c1cccc2ccccc12. The number of fused-ring (bicyclic) bond motifs is 1. The van der Waals surface area contributed by atoms with E-state index in [1.165, 1.54) is 32.1 Å². The van der Waals surface area contributed by atoms with E-state index in [9.17, 15) is 9.59 Å². The molecule has 0 unspecified atom stereocenters. The van der Waals surface area contributed by atoms with E-state index < -0.39 is 6.04 Å². The fourth-order valence-electron chi connectivity index (χ4n) is 6.27.